The van der Waals surface area contributed by atoms with E-state index >= 15 is 0 Å². The fourth-order valence-corrected chi connectivity index (χ4v) is 3.17. The zero-order chi connectivity index (χ0) is 18.3. The van der Waals surface area contributed by atoms with E-state index in [0.29, 0.717) is 11.3 Å². The molecule has 1 rings (SSSR count). The first-order valence-corrected chi connectivity index (χ1v) is 10.2. The molecular formula is C22H37NO2. The van der Waals surface area contributed by atoms with Gasteiger partial charge in [-0.2, -0.15) is 0 Å². The van der Waals surface area contributed by atoms with Crippen molar-refractivity contribution in [1.82, 2.24) is 0 Å². The highest BCUT2D eigenvalue weighted by Crippen LogP contribution is 2.23. The van der Waals surface area contributed by atoms with Crippen LogP contribution in [0.2, 0.25) is 0 Å². The van der Waals surface area contributed by atoms with Gasteiger partial charge < -0.3 is 10.5 Å². The monoisotopic (exact) mass is 347 g/mol. The van der Waals surface area contributed by atoms with Crippen molar-refractivity contribution in [3.63, 3.8) is 0 Å². The highest BCUT2D eigenvalue weighted by Gasteiger charge is 2.15. The number of hydrogen-bond acceptors (Lipinski definition) is 2. The molecule has 0 aromatic heterocycles. The van der Waals surface area contributed by atoms with Crippen molar-refractivity contribution in [2.45, 2.75) is 97.0 Å². The van der Waals surface area contributed by atoms with E-state index in [-0.39, 0.29) is 6.10 Å². The van der Waals surface area contributed by atoms with Crippen LogP contribution in [0.15, 0.2) is 24.3 Å². The predicted octanol–water partition coefficient (Wildman–Crippen LogP) is 6.25. The summed E-state index contributed by atoms with van der Waals surface area (Å²) in [6.45, 7) is 4.48. The molecule has 0 saturated carbocycles. The zero-order valence-corrected chi connectivity index (χ0v) is 16.3. The summed E-state index contributed by atoms with van der Waals surface area (Å²) in [5, 5.41) is 0. The highest BCUT2D eigenvalue weighted by atomic mass is 16.5. The van der Waals surface area contributed by atoms with Gasteiger partial charge in [0.25, 0.3) is 5.91 Å². The average Bonchev–Trinajstić information content (AvgIpc) is 2.61. The Balaban J connectivity index is 2.53. The molecule has 0 bridgehead atoms. The number of benzene rings is 1. The molecule has 1 amide bonds. The minimum atomic E-state index is -0.417. The SMILES string of the molecule is CCCCCCCCC(CCCCCC)Oc1ccccc1C(N)=O. The number of nitrogens with two attached hydrogens (primary N) is 1. The van der Waals surface area contributed by atoms with Gasteiger partial charge >= 0.3 is 0 Å². The van der Waals surface area contributed by atoms with E-state index in [0.717, 1.165) is 12.8 Å². The molecule has 1 atom stereocenters. The first-order chi connectivity index (χ1) is 12.2. The summed E-state index contributed by atoms with van der Waals surface area (Å²) in [4.78, 5) is 11.6. The van der Waals surface area contributed by atoms with Crippen LogP contribution in [-0.2, 0) is 0 Å². The topological polar surface area (TPSA) is 52.3 Å². The summed E-state index contributed by atoms with van der Waals surface area (Å²) < 4.78 is 6.21. The smallest absolute Gasteiger partial charge is 0.252 e. The first kappa shape index (κ1) is 21.5. The number of carbonyl (C=O) groups is 1. The Morgan fingerprint density at radius 3 is 2.00 bits per heavy atom. The number of para-hydroxylation sites is 1. The van der Waals surface area contributed by atoms with Crippen LogP contribution in [0.1, 0.15) is 101 Å². The third-order valence-corrected chi connectivity index (χ3v) is 4.71. The molecule has 0 aliphatic carbocycles. The maximum absolute atomic E-state index is 11.6. The number of hydrogen-bond donors (Lipinski definition) is 1. The highest BCUT2D eigenvalue weighted by molar-refractivity contribution is 5.95. The van der Waals surface area contributed by atoms with Gasteiger partial charge in [0.2, 0.25) is 0 Å². The Bertz CT molecular complexity index is 473. The predicted molar refractivity (Wildman–Crippen MR) is 106 cm³/mol. The van der Waals surface area contributed by atoms with Crippen LogP contribution in [0.3, 0.4) is 0 Å². The lowest BCUT2D eigenvalue weighted by Crippen LogP contribution is -2.20. The molecule has 0 fully saturated rings. The fourth-order valence-electron chi connectivity index (χ4n) is 3.17. The van der Waals surface area contributed by atoms with Gasteiger partial charge in [0, 0.05) is 0 Å². The summed E-state index contributed by atoms with van der Waals surface area (Å²) in [5.74, 6) is 0.223. The van der Waals surface area contributed by atoms with Gasteiger partial charge in [-0.15, -0.1) is 0 Å². The lowest BCUT2D eigenvalue weighted by Gasteiger charge is -2.20. The van der Waals surface area contributed by atoms with Crippen molar-refractivity contribution in [3.05, 3.63) is 29.8 Å². The minimum absolute atomic E-state index is 0.184. The molecule has 2 N–H and O–H groups in total. The van der Waals surface area contributed by atoms with E-state index in [1.165, 1.54) is 64.2 Å². The van der Waals surface area contributed by atoms with Crippen LogP contribution < -0.4 is 10.5 Å². The third-order valence-electron chi connectivity index (χ3n) is 4.71. The summed E-state index contributed by atoms with van der Waals surface area (Å²) in [7, 11) is 0. The normalized spacial score (nSPS) is 12.1. The van der Waals surface area contributed by atoms with Gasteiger partial charge in [-0.3, -0.25) is 4.79 Å². The first-order valence-electron chi connectivity index (χ1n) is 10.2. The van der Waals surface area contributed by atoms with Crippen molar-refractivity contribution < 1.29 is 9.53 Å². The average molecular weight is 348 g/mol. The molecule has 0 spiro atoms. The minimum Gasteiger partial charge on any atom is -0.490 e. The van der Waals surface area contributed by atoms with E-state index in [9.17, 15) is 4.79 Å². The van der Waals surface area contributed by atoms with Gasteiger partial charge in [0.1, 0.15) is 5.75 Å². The number of amides is 1. The lowest BCUT2D eigenvalue weighted by molar-refractivity contribution is 0.0990. The second kappa shape index (κ2) is 13.7. The van der Waals surface area contributed by atoms with Crippen LogP contribution in [0.25, 0.3) is 0 Å². The van der Waals surface area contributed by atoms with Crippen LogP contribution >= 0.6 is 0 Å². The standard InChI is InChI=1S/C22H37NO2/c1-3-5-7-9-10-12-16-19(15-11-8-6-4-2)25-21-18-14-13-17-20(21)22(23)24/h13-14,17-19H,3-12,15-16H2,1-2H3,(H2,23,24). The van der Waals surface area contributed by atoms with Crippen molar-refractivity contribution in [2.75, 3.05) is 0 Å². The lowest BCUT2D eigenvalue weighted by atomic mass is 10.0. The summed E-state index contributed by atoms with van der Waals surface area (Å²) in [5.41, 5.74) is 5.97. The zero-order valence-electron chi connectivity index (χ0n) is 16.3. The molecule has 3 nitrogen and oxygen atoms in total. The van der Waals surface area contributed by atoms with Gasteiger partial charge in [-0.1, -0.05) is 77.3 Å². The van der Waals surface area contributed by atoms with Crippen molar-refractivity contribution in [2.24, 2.45) is 5.73 Å². The Labute approximate surface area is 154 Å². The molecule has 0 saturated heterocycles. The molecule has 1 unspecified atom stereocenters. The molecule has 1 aromatic rings. The molecule has 0 radical (unpaired) electrons. The van der Waals surface area contributed by atoms with Crippen LogP contribution in [0, 0.1) is 0 Å². The Hall–Kier alpha value is -1.51. The molecule has 3 heteroatoms. The maximum Gasteiger partial charge on any atom is 0.252 e. The summed E-state index contributed by atoms with van der Waals surface area (Å²) in [6, 6.07) is 7.34. The summed E-state index contributed by atoms with van der Waals surface area (Å²) >= 11 is 0. The molecule has 142 valence electrons. The van der Waals surface area contributed by atoms with E-state index in [1.807, 2.05) is 18.2 Å². The van der Waals surface area contributed by atoms with Gasteiger partial charge in [-0.25, -0.2) is 0 Å². The molecular weight excluding hydrogens is 310 g/mol. The van der Waals surface area contributed by atoms with Crippen LogP contribution in [0.4, 0.5) is 0 Å². The molecule has 0 heterocycles. The second-order valence-corrected chi connectivity index (χ2v) is 7.01. The Morgan fingerprint density at radius 2 is 1.40 bits per heavy atom. The maximum atomic E-state index is 11.6. The second-order valence-electron chi connectivity index (χ2n) is 7.01. The molecule has 0 aliphatic rings. The molecule has 0 aliphatic heterocycles. The number of unbranched alkanes of at least 4 members (excludes halogenated alkanes) is 8. The third kappa shape index (κ3) is 9.52. The van der Waals surface area contributed by atoms with Crippen LogP contribution in [0.5, 0.6) is 5.75 Å². The van der Waals surface area contributed by atoms with Gasteiger partial charge in [-0.05, 0) is 37.8 Å². The number of rotatable bonds is 15. The van der Waals surface area contributed by atoms with Crippen molar-refractivity contribution in [1.29, 1.82) is 0 Å². The summed E-state index contributed by atoms with van der Waals surface area (Å²) in [6.07, 6.45) is 15.0. The van der Waals surface area contributed by atoms with E-state index in [4.69, 9.17) is 10.5 Å². The van der Waals surface area contributed by atoms with E-state index in [1.54, 1.807) is 6.07 Å². The van der Waals surface area contributed by atoms with Crippen molar-refractivity contribution >= 4 is 5.91 Å². The number of ether oxygens (including phenoxy) is 1. The quantitative estimate of drug-likeness (QED) is 0.381. The van der Waals surface area contributed by atoms with E-state index in [2.05, 4.69) is 13.8 Å². The van der Waals surface area contributed by atoms with Gasteiger partial charge in [0.05, 0.1) is 11.7 Å². The van der Waals surface area contributed by atoms with E-state index < -0.39 is 5.91 Å². The Morgan fingerprint density at radius 1 is 0.880 bits per heavy atom. The fraction of sp³-hybridized carbons (Fsp3) is 0.682. The van der Waals surface area contributed by atoms with Crippen molar-refractivity contribution in [3.8, 4) is 5.75 Å². The number of primary amides is 1. The Kier molecular flexibility index (Phi) is 11.8. The molecule has 25 heavy (non-hydrogen) atoms. The largest absolute Gasteiger partial charge is 0.490 e. The number of carbonyl (C=O) groups excluding carboxylic acids is 1. The van der Waals surface area contributed by atoms with Crippen LogP contribution in [-0.4, -0.2) is 12.0 Å². The molecule has 1 aromatic carbocycles. The van der Waals surface area contributed by atoms with Gasteiger partial charge in [0.15, 0.2) is 0 Å².